The summed E-state index contributed by atoms with van der Waals surface area (Å²) in [6.07, 6.45) is 2.42. The summed E-state index contributed by atoms with van der Waals surface area (Å²) in [5.74, 6) is 1.07. The average Bonchev–Trinajstić information content (AvgIpc) is 2.50. The lowest BCUT2D eigenvalue weighted by Gasteiger charge is -2.13. The standard InChI is InChI=1S/C8H14INO/c1-2-7-3-4-10(6-7)8(11)5-9/h7H,2-6H2,1H3. The highest BCUT2D eigenvalue weighted by Crippen LogP contribution is 2.19. The molecule has 0 saturated carbocycles. The Kier molecular flexibility index (Phi) is 3.62. The Morgan fingerprint density at radius 3 is 2.91 bits per heavy atom. The molecule has 0 aromatic heterocycles. The van der Waals surface area contributed by atoms with Crippen LogP contribution in [0.15, 0.2) is 0 Å². The van der Waals surface area contributed by atoms with Crippen LogP contribution in [0.2, 0.25) is 0 Å². The Morgan fingerprint density at radius 2 is 2.45 bits per heavy atom. The summed E-state index contributed by atoms with van der Waals surface area (Å²) in [6.45, 7) is 4.18. The third-order valence-electron chi connectivity index (χ3n) is 2.33. The molecule has 0 aliphatic carbocycles. The number of amides is 1. The van der Waals surface area contributed by atoms with Crippen molar-refractivity contribution in [1.29, 1.82) is 0 Å². The summed E-state index contributed by atoms with van der Waals surface area (Å²) in [7, 11) is 0. The lowest BCUT2D eigenvalue weighted by molar-refractivity contribution is -0.127. The minimum Gasteiger partial charge on any atom is -0.342 e. The minimum absolute atomic E-state index is 0.307. The molecule has 0 bridgehead atoms. The van der Waals surface area contributed by atoms with Crippen LogP contribution in [-0.2, 0) is 4.79 Å². The van der Waals surface area contributed by atoms with Crippen LogP contribution < -0.4 is 0 Å². The predicted molar refractivity (Wildman–Crippen MR) is 53.9 cm³/mol. The predicted octanol–water partition coefficient (Wildman–Crippen LogP) is 1.68. The summed E-state index contributed by atoms with van der Waals surface area (Å²) >= 11 is 2.13. The number of carbonyl (C=O) groups is 1. The Bertz CT molecular complexity index is 149. The fourth-order valence-electron chi connectivity index (χ4n) is 1.48. The zero-order valence-electron chi connectivity index (χ0n) is 6.85. The third-order valence-corrected chi connectivity index (χ3v) is 2.98. The normalized spacial score (nSPS) is 24.2. The first-order valence-corrected chi connectivity index (χ1v) is 5.64. The van der Waals surface area contributed by atoms with E-state index in [1.807, 2.05) is 4.90 Å². The van der Waals surface area contributed by atoms with E-state index >= 15 is 0 Å². The number of halogens is 1. The first-order valence-electron chi connectivity index (χ1n) is 4.11. The summed E-state index contributed by atoms with van der Waals surface area (Å²) < 4.78 is 0.633. The van der Waals surface area contributed by atoms with Crippen LogP contribution >= 0.6 is 22.6 Å². The van der Waals surface area contributed by atoms with Gasteiger partial charge in [0.15, 0.2) is 0 Å². The Labute approximate surface area is 81.5 Å². The van der Waals surface area contributed by atoms with Gasteiger partial charge in [0.05, 0.1) is 4.43 Å². The zero-order valence-corrected chi connectivity index (χ0v) is 9.00. The molecule has 0 radical (unpaired) electrons. The van der Waals surface area contributed by atoms with Crippen molar-refractivity contribution in [2.24, 2.45) is 5.92 Å². The van der Waals surface area contributed by atoms with Gasteiger partial charge in [0.2, 0.25) is 5.91 Å². The van der Waals surface area contributed by atoms with Gasteiger partial charge in [-0.25, -0.2) is 0 Å². The van der Waals surface area contributed by atoms with Crippen LogP contribution in [0.25, 0.3) is 0 Å². The molecule has 11 heavy (non-hydrogen) atoms. The van der Waals surface area contributed by atoms with E-state index in [4.69, 9.17) is 0 Å². The number of nitrogens with zero attached hydrogens (tertiary/aromatic N) is 1. The third kappa shape index (κ3) is 2.32. The van der Waals surface area contributed by atoms with Crippen molar-refractivity contribution < 1.29 is 4.79 Å². The van der Waals surface area contributed by atoms with Crippen LogP contribution in [0, 0.1) is 5.92 Å². The molecule has 0 spiro atoms. The van der Waals surface area contributed by atoms with Gasteiger partial charge in [-0.2, -0.15) is 0 Å². The molecule has 1 aliphatic rings. The molecule has 1 saturated heterocycles. The fraction of sp³-hybridized carbons (Fsp3) is 0.875. The van der Waals surface area contributed by atoms with Crippen molar-refractivity contribution in [3.8, 4) is 0 Å². The van der Waals surface area contributed by atoms with Crippen molar-refractivity contribution in [3.05, 3.63) is 0 Å². The highest BCUT2D eigenvalue weighted by molar-refractivity contribution is 14.1. The van der Waals surface area contributed by atoms with E-state index in [1.54, 1.807) is 0 Å². The number of likely N-dealkylation sites (tertiary alicyclic amines) is 1. The maximum Gasteiger partial charge on any atom is 0.232 e. The van der Waals surface area contributed by atoms with Gasteiger partial charge in [-0.05, 0) is 12.3 Å². The number of hydrogen-bond donors (Lipinski definition) is 0. The molecule has 1 unspecified atom stereocenters. The number of hydrogen-bond acceptors (Lipinski definition) is 1. The Balaban J connectivity index is 2.35. The molecule has 64 valence electrons. The van der Waals surface area contributed by atoms with E-state index in [2.05, 4.69) is 29.5 Å². The molecule has 0 aromatic rings. The number of rotatable bonds is 2. The van der Waals surface area contributed by atoms with Crippen molar-refractivity contribution in [2.75, 3.05) is 17.5 Å². The molecule has 0 N–H and O–H groups in total. The van der Waals surface area contributed by atoms with E-state index in [-0.39, 0.29) is 0 Å². The van der Waals surface area contributed by atoms with Crippen LogP contribution in [0.1, 0.15) is 19.8 Å². The SMILES string of the molecule is CCC1CCN(C(=O)CI)C1. The quantitative estimate of drug-likeness (QED) is 0.550. The maximum atomic E-state index is 11.2. The second kappa shape index (κ2) is 4.28. The smallest absolute Gasteiger partial charge is 0.232 e. The van der Waals surface area contributed by atoms with E-state index in [0.717, 1.165) is 19.0 Å². The molecule has 1 rings (SSSR count). The Morgan fingerprint density at radius 1 is 1.73 bits per heavy atom. The molecule has 0 aromatic carbocycles. The monoisotopic (exact) mass is 267 g/mol. The van der Waals surface area contributed by atoms with Gasteiger partial charge in [-0.1, -0.05) is 35.9 Å². The average molecular weight is 267 g/mol. The molecule has 3 heteroatoms. The van der Waals surface area contributed by atoms with Gasteiger partial charge in [0.25, 0.3) is 0 Å². The number of carbonyl (C=O) groups excluding carboxylic acids is 1. The van der Waals surface area contributed by atoms with Gasteiger partial charge in [0, 0.05) is 13.1 Å². The lowest BCUT2D eigenvalue weighted by Crippen LogP contribution is -2.29. The molecular weight excluding hydrogens is 253 g/mol. The highest BCUT2D eigenvalue weighted by Gasteiger charge is 2.23. The van der Waals surface area contributed by atoms with Crippen LogP contribution in [0.5, 0.6) is 0 Å². The van der Waals surface area contributed by atoms with Gasteiger partial charge in [-0.15, -0.1) is 0 Å². The highest BCUT2D eigenvalue weighted by atomic mass is 127. The van der Waals surface area contributed by atoms with Crippen molar-refractivity contribution >= 4 is 28.5 Å². The van der Waals surface area contributed by atoms with Crippen LogP contribution in [-0.4, -0.2) is 28.3 Å². The molecule has 1 amide bonds. The maximum absolute atomic E-state index is 11.2. The fourth-order valence-corrected chi connectivity index (χ4v) is 1.96. The summed E-state index contributed by atoms with van der Waals surface area (Å²) in [4.78, 5) is 13.2. The van der Waals surface area contributed by atoms with Crippen molar-refractivity contribution in [1.82, 2.24) is 4.90 Å². The molecular formula is C8H14INO. The summed E-state index contributed by atoms with van der Waals surface area (Å²) in [5.41, 5.74) is 0. The topological polar surface area (TPSA) is 20.3 Å². The van der Waals surface area contributed by atoms with E-state index < -0.39 is 0 Å². The second-order valence-electron chi connectivity index (χ2n) is 3.04. The summed E-state index contributed by atoms with van der Waals surface area (Å²) in [6, 6.07) is 0. The van der Waals surface area contributed by atoms with Gasteiger partial charge in [0.1, 0.15) is 0 Å². The molecule has 1 aliphatic heterocycles. The first-order chi connectivity index (χ1) is 5.27. The Hall–Kier alpha value is 0.200. The van der Waals surface area contributed by atoms with E-state index in [9.17, 15) is 4.79 Å². The molecule has 1 atom stereocenters. The molecule has 1 heterocycles. The van der Waals surface area contributed by atoms with Crippen LogP contribution in [0.4, 0.5) is 0 Å². The van der Waals surface area contributed by atoms with E-state index in [1.165, 1.54) is 12.8 Å². The van der Waals surface area contributed by atoms with Crippen molar-refractivity contribution in [2.45, 2.75) is 19.8 Å². The van der Waals surface area contributed by atoms with E-state index in [0.29, 0.717) is 10.3 Å². The second-order valence-corrected chi connectivity index (χ2v) is 3.80. The lowest BCUT2D eigenvalue weighted by atomic mass is 10.1. The summed E-state index contributed by atoms with van der Waals surface area (Å²) in [5, 5.41) is 0. The van der Waals surface area contributed by atoms with Gasteiger partial charge in [-0.3, -0.25) is 4.79 Å². The number of alkyl halides is 1. The minimum atomic E-state index is 0.307. The molecule has 2 nitrogen and oxygen atoms in total. The first kappa shape index (κ1) is 9.29. The van der Waals surface area contributed by atoms with Gasteiger partial charge >= 0.3 is 0 Å². The van der Waals surface area contributed by atoms with Crippen LogP contribution in [0.3, 0.4) is 0 Å². The van der Waals surface area contributed by atoms with Crippen molar-refractivity contribution in [3.63, 3.8) is 0 Å². The zero-order chi connectivity index (χ0) is 8.27. The molecule has 1 fully saturated rings. The van der Waals surface area contributed by atoms with Gasteiger partial charge < -0.3 is 4.90 Å². The largest absolute Gasteiger partial charge is 0.342 e.